The van der Waals surface area contributed by atoms with Crippen LogP contribution in [0.25, 0.3) is 0 Å². The molecular weight excluding hydrogens is 729 g/mol. The van der Waals surface area contributed by atoms with E-state index in [0.717, 1.165) is 47.2 Å². The van der Waals surface area contributed by atoms with E-state index < -0.39 is 29.3 Å². The van der Waals surface area contributed by atoms with E-state index >= 15 is 0 Å². The molecule has 0 fully saturated rings. The number of hydrogen-bond donors (Lipinski definition) is 0. The number of benzene rings is 2. The molecule has 2 aromatic carbocycles. The van der Waals surface area contributed by atoms with Crippen molar-refractivity contribution in [1.29, 1.82) is 5.26 Å². The Morgan fingerprint density at radius 2 is 1.24 bits per heavy atom. The SMILES string of the molecule is CCOC(=O)C1CCCc2c1ccn2S(=O)(=O)c1ccc(C)cc1.Cc1ccc(S(=O)(=O)n2ccc3c2CCCC3C#N)cc1.O=S(Cl)Cl. The van der Waals surface area contributed by atoms with Crippen molar-refractivity contribution in [1.82, 2.24) is 7.94 Å². The molecule has 262 valence electrons. The number of nitrogens with zero attached hydrogens (tertiary/aromatic N) is 3. The third kappa shape index (κ3) is 8.85. The smallest absolute Gasteiger partial charge is 0.313 e. The van der Waals surface area contributed by atoms with Gasteiger partial charge in [-0.1, -0.05) is 35.4 Å². The highest BCUT2D eigenvalue weighted by atomic mass is 36.0. The number of aryl methyl sites for hydroxylation is 2. The quantitative estimate of drug-likeness (QED) is 0.150. The van der Waals surface area contributed by atoms with Crippen molar-refractivity contribution >= 4 is 56.6 Å². The van der Waals surface area contributed by atoms with Crippen molar-refractivity contribution in [3.05, 3.63) is 107 Å². The maximum absolute atomic E-state index is 12.9. The number of esters is 1. The lowest BCUT2D eigenvalue weighted by atomic mass is 9.87. The first kappa shape index (κ1) is 38.4. The molecule has 4 aromatic rings. The molecule has 0 aliphatic heterocycles. The van der Waals surface area contributed by atoms with Crippen LogP contribution in [0.4, 0.5) is 0 Å². The van der Waals surface area contributed by atoms with Crippen LogP contribution in [0.3, 0.4) is 0 Å². The van der Waals surface area contributed by atoms with Crippen LogP contribution < -0.4 is 0 Å². The Hall–Kier alpha value is -3.41. The number of fused-ring (bicyclic) bond motifs is 2. The Kier molecular flexibility index (Phi) is 13.0. The molecule has 0 amide bonds. The summed E-state index contributed by atoms with van der Waals surface area (Å²) in [6.45, 7) is 5.94. The molecule has 2 atom stereocenters. The van der Waals surface area contributed by atoms with Crippen LogP contribution in [0.1, 0.15) is 78.1 Å². The van der Waals surface area contributed by atoms with Gasteiger partial charge in [0.1, 0.15) is 0 Å². The number of hydrogen-bond acceptors (Lipinski definition) is 8. The minimum absolute atomic E-state index is 0.191. The summed E-state index contributed by atoms with van der Waals surface area (Å²) in [7, 11) is 0.129. The van der Waals surface area contributed by atoms with Crippen molar-refractivity contribution < 1.29 is 30.6 Å². The van der Waals surface area contributed by atoms with Crippen LogP contribution in [0.5, 0.6) is 0 Å². The summed E-state index contributed by atoms with van der Waals surface area (Å²) in [5.41, 5.74) is 5.11. The van der Waals surface area contributed by atoms with Crippen LogP contribution in [0, 0.1) is 25.2 Å². The van der Waals surface area contributed by atoms with Gasteiger partial charge in [-0.25, -0.2) is 29.0 Å². The highest BCUT2D eigenvalue weighted by Crippen LogP contribution is 2.36. The van der Waals surface area contributed by atoms with Crippen LogP contribution in [-0.2, 0) is 51.6 Å². The zero-order valence-electron chi connectivity index (χ0n) is 27.2. The van der Waals surface area contributed by atoms with Gasteiger partial charge in [0.25, 0.3) is 20.0 Å². The Labute approximate surface area is 299 Å². The van der Waals surface area contributed by atoms with Gasteiger partial charge in [-0.3, -0.25) is 4.79 Å². The Morgan fingerprint density at radius 1 is 0.816 bits per heavy atom. The fourth-order valence-electron chi connectivity index (χ4n) is 6.04. The molecule has 2 heterocycles. The fraction of sp³-hybridized carbons (Fsp3) is 0.353. The normalized spacial score (nSPS) is 16.9. The molecule has 6 rings (SSSR count). The van der Waals surface area contributed by atoms with E-state index in [1.54, 1.807) is 80.0 Å². The molecule has 2 aliphatic rings. The lowest BCUT2D eigenvalue weighted by Crippen LogP contribution is -2.23. The molecule has 0 spiro atoms. The molecule has 10 nitrogen and oxygen atoms in total. The van der Waals surface area contributed by atoms with E-state index in [1.165, 1.54) is 7.94 Å². The summed E-state index contributed by atoms with van der Waals surface area (Å²) in [6.07, 6.45) is 7.59. The van der Waals surface area contributed by atoms with Crippen molar-refractivity contribution in [3.8, 4) is 6.07 Å². The van der Waals surface area contributed by atoms with E-state index in [-0.39, 0.29) is 27.6 Å². The second-order valence-corrected chi connectivity index (χ2v) is 17.8. The molecule has 2 unspecified atom stereocenters. The molecule has 0 bridgehead atoms. The molecule has 0 radical (unpaired) electrons. The average Bonchev–Trinajstić information content (AvgIpc) is 3.71. The number of nitriles is 1. The topological polar surface area (TPSA) is 145 Å². The van der Waals surface area contributed by atoms with Gasteiger partial charge >= 0.3 is 5.97 Å². The van der Waals surface area contributed by atoms with Crippen LogP contribution >= 0.6 is 21.4 Å². The third-order valence-electron chi connectivity index (χ3n) is 8.42. The largest absolute Gasteiger partial charge is 0.466 e. The minimum atomic E-state index is -3.65. The maximum Gasteiger partial charge on any atom is 0.313 e. The zero-order valence-corrected chi connectivity index (χ0v) is 31.2. The van der Waals surface area contributed by atoms with Gasteiger partial charge in [0.2, 0.25) is 9.23 Å². The number of carbonyl (C=O) groups excluding carboxylic acids is 1. The predicted octanol–water partition coefficient (Wildman–Crippen LogP) is 7.04. The molecule has 0 saturated carbocycles. The van der Waals surface area contributed by atoms with Gasteiger partial charge in [0.05, 0.1) is 34.3 Å². The predicted molar refractivity (Wildman–Crippen MR) is 190 cm³/mol. The van der Waals surface area contributed by atoms with Crippen molar-refractivity contribution in [3.63, 3.8) is 0 Å². The molecule has 2 aliphatic carbocycles. The number of aromatic nitrogens is 2. The summed E-state index contributed by atoms with van der Waals surface area (Å²) >= 11 is 0. The van der Waals surface area contributed by atoms with Crippen LogP contribution in [-0.4, -0.2) is 41.6 Å². The van der Waals surface area contributed by atoms with Gasteiger partial charge in [0, 0.05) is 45.1 Å². The van der Waals surface area contributed by atoms with Gasteiger partial charge in [-0.05, 0) is 107 Å². The lowest BCUT2D eigenvalue weighted by molar-refractivity contribution is -0.145. The second-order valence-electron chi connectivity index (χ2n) is 11.6. The highest BCUT2D eigenvalue weighted by molar-refractivity contribution is 8.26. The Bertz CT molecular complexity index is 2060. The first-order valence-corrected chi connectivity index (χ1v) is 21.3. The molecule has 0 N–H and O–H groups in total. The number of rotatable bonds is 6. The van der Waals surface area contributed by atoms with Gasteiger partial charge < -0.3 is 4.74 Å². The maximum atomic E-state index is 12.9. The Balaban J connectivity index is 0.000000201. The second kappa shape index (κ2) is 16.5. The third-order valence-corrected chi connectivity index (χ3v) is 11.9. The van der Waals surface area contributed by atoms with Crippen molar-refractivity contribution in [2.45, 2.75) is 80.9 Å². The average molecular weight is 767 g/mol. The van der Waals surface area contributed by atoms with Crippen molar-refractivity contribution in [2.24, 2.45) is 0 Å². The van der Waals surface area contributed by atoms with E-state index in [4.69, 9.17) is 8.95 Å². The van der Waals surface area contributed by atoms with E-state index in [1.807, 2.05) is 13.8 Å². The first-order valence-electron chi connectivity index (χ1n) is 15.6. The number of carbonyl (C=O) groups is 1. The summed E-state index contributed by atoms with van der Waals surface area (Å²) in [5.74, 6) is -0.838. The minimum Gasteiger partial charge on any atom is -0.466 e. The summed E-state index contributed by atoms with van der Waals surface area (Å²) in [6, 6.07) is 19.4. The summed E-state index contributed by atoms with van der Waals surface area (Å²) in [5, 5.41) is 9.19. The lowest BCUT2D eigenvalue weighted by Gasteiger charge is -2.22. The molecule has 15 heteroatoms. The monoisotopic (exact) mass is 765 g/mol. The molecule has 2 aromatic heterocycles. The number of halogens is 2. The molecular formula is C34H37Cl2N3O7S3. The highest BCUT2D eigenvalue weighted by Gasteiger charge is 2.33. The van der Waals surface area contributed by atoms with Crippen LogP contribution in [0.2, 0.25) is 0 Å². The summed E-state index contributed by atoms with van der Waals surface area (Å²) < 4.78 is 68.2. The van der Waals surface area contributed by atoms with E-state index in [2.05, 4.69) is 27.4 Å². The first-order chi connectivity index (χ1) is 23.2. The molecule has 0 saturated heterocycles. The van der Waals surface area contributed by atoms with Crippen LogP contribution in [0.15, 0.2) is 82.8 Å². The van der Waals surface area contributed by atoms with E-state index in [9.17, 15) is 26.9 Å². The summed E-state index contributed by atoms with van der Waals surface area (Å²) in [4.78, 5) is 12.7. The van der Waals surface area contributed by atoms with Gasteiger partial charge in [-0.15, -0.1) is 0 Å². The zero-order chi connectivity index (χ0) is 35.9. The molecule has 49 heavy (non-hydrogen) atoms. The number of ether oxygens (including phenoxy) is 1. The van der Waals surface area contributed by atoms with E-state index in [0.29, 0.717) is 31.6 Å². The van der Waals surface area contributed by atoms with Gasteiger partial charge in [-0.2, -0.15) is 5.26 Å². The van der Waals surface area contributed by atoms with Gasteiger partial charge in [0.15, 0.2) is 0 Å². The standard InChI is InChI=1S/C18H21NO4S.C16H16N2O2S.Cl2OS/c1-3-23-18(20)16-5-4-6-17-15(16)11-12-19(17)24(21,22)14-9-7-13(2)8-10-14;1-12-5-7-14(8-6-12)21(19,20)18-10-9-15-13(11-17)3-2-4-16(15)18;1-4(2)3/h7-12,16H,3-6H2,1-2H3;5-10,13H,2-4H2,1H3;. The Morgan fingerprint density at radius 3 is 1.69 bits per heavy atom. The fourth-order valence-corrected chi connectivity index (χ4v) is 8.87. The van der Waals surface area contributed by atoms with Crippen molar-refractivity contribution in [2.75, 3.05) is 6.61 Å².